The molecule has 0 atom stereocenters. The van der Waals surface area contributed by atoms with E-state index in [4.69, 9.17) is 9.26 Å². The molecule has 1 aliphatic carbocycles. The number of halogens is 2. The van der Waals surface area contributed by atoms with Crippen LogP contribution >= 0.6 is 0 Å². The number of rotatable bonds is 5. The van der Waals surface area contributed by atoms with E-state index in [-0.39, 0.29) is 5.89 Å². The predicted molar refractivity (Wildman–Crippen MR) is 51.6 cm³/mol. The monoisotopic (exact) mass is 246 g/mol. The van der Waals surface area contributed by atoms with Gasteiger partial charge < -0.3 is 9.26 Å². The van der Waals surface area contributed by atoms with Crippen molar-refractivity contribution in [1.82, 2.24) is 10.1 Å². The summed E-state index contributed by atoms with van der Waals surface area (Å²) < 4.78 is 34.1. The molecule has 0 radical (unpaired) electrons. The van der Waals surface area contributed by atoms with Gasteiger partial charge in [0.2, 0.25) is 17.5 Å². The normalized spacial score (nSPS) is 18.1. The second kappa shape index (κ2) is 4.48. The fourth-order valence-corrected chi connectivity index (χ4v) is 1.75. The lowest BCUT2D eigenvalue weighted by atomic mass is 9.79. The van der Waals surface area contributed by atoms with Gasteiger partial charge in [0.05, 0.1) is 6.42 Å². The smallest absolute Gasteiger partial charge is 0.296 e. The van der Waals surface area contributed by atoms with Gasteiger partial charge in [-0.1, -0.05) is 5.16 Å². The molecule has 1 aromatic rings. The summed E-state index contributed by atoms with van der Waals surface area (Å²) in [5, 5.41) is 3.69. The molecular formula is C10H12F2N2O3. The highest BCUT2D eigenvalue weighted by molar-refractivity contribution is 5.82. The quantitative estimate of drug-likeness (QED) is 0.787. The highest BCUT2D eigenvalue weighted by atomic mass is 19.3. The van der Waals surface area contributed by atoms with Crippen LogP contribution in [0.5, 0.6) is 0 Å². The highest BCUT2D eigenvalue weighted by Crippen LogP contribution is 2.42. The van der Waals surface area contributed by atoms with Crippen LogP contribution in [-0.4, -0.2) is 29.5 Å². The summed E-state index contributed by atoms with van der Waals surface area (Å²) >= 11 is 0. The Hall–Kier alpha value is -1.37. The highest BCUT2D eigenvalue weighted by Gasteiger charge is 2.43. The molecular weight excluding hydrogens is 234 g/mol. The van der Waals surface area contributed by atoms with Crippen molar-refractivity contribution in [2.45, 2.75) is 37.7 Å². The fraction of sp³-hybridized carbons (Fsp3) is 0.700. The fourth-order valence-electron chi connectivity index (χ4n) is 1.75. The van der Waals surface area contributed by atoms with Gasteiger partial charge in [-0.05, 0) is 19.3 Å². The minimum atomic E-state index is -3.01. The van der Waals surface area contributed by atoms with Crippen molar-refractivity contribution >= 4 is 5.78 Å². The Balaban J connectivity index is 2.08. The van der Waals surface area contributed by atoms with E-state index >= 15 is 0 Å². The van der Waals surface area contributed by atoms with Crippen molar-refractivity contribution in [3.63, 3.8) is 0 Å². The van der Waals surface area contributed by atoms with Gasteiger partial charge in [0, 0.05) is 7.11 Å². The number of ketones is 1. The summed E-state index contributed by atoms with van der Waals surface area (Å²) in [5.41, 5.74) is -0.560. The first-order chi connectivity index (χ1) is 8.07. The molecule has 1 saturated carbocycles. The summed E-state index contributed by atoms with van der Waals surface area (Å²) in [6.45, 7) is 0. The molecule has 7 heteroatoms. The maximum Gasteiger partial charge on any atom is 0.296 e. The van der Waals surface area contributed by atoms with Crippen molar-refractivity contribution in [2.24, 2.45) is 0 Å². The Bertz CT molecular complexity index is 410. The Kier molecular flexibility index (Phi) is 3.19. The van der Waals surface area contributed by atoms with E-state index in [1.54, 1.807) is 7.11 Å². The van der Waals surface area contributed by atoms with Gasteiger partial charge in [-0.3, -0.25) is 4.79 Å². The standard InChI is InChI=1S/C10H12F2N2O3/c1-16-10(3-2-4-10)9-13-7(17-14-9)5-6(15)8(11)12/h8H,2-5H2,1H3. The van der Waals surface area contributed by atoms with Gasteiger partial charge in [-0.25, -0.2) is 8.78 Å². The number of nitrogens with zero attached hydrogens (tertiary/aromatic N) is 2. The Morgan fingerprint density at radius 2 is 2.29 bits per heavy atom. The molecule has 0 spiro atoms. The van der Waals surface area contributed by atoms with Crippen LogP contribution < -0.4 is 0 Å². The zero-order valence-corrected chi connectivity index (χ0v) is 9.28. The molecule has 0 bridgehead atoms. The predicted octanol–water partition coefficient (Wildman–Crippen LogP) is 1.47. The number of methoxy groups -OCH3 is 1. The van der Waals surface area contributed by atoms with Crippen molar-refractivity contribution < 1.29 is 22.8 Å². The van der Waals surface area contributed by atoms with Crippen LogP contribution in [0.25, 0.3) is 0 Å². The lowest BCUT2D eigenvalue weighted by Gasteiger charge is -2.37. The number of ether oxygens (including phenoxy) is 1. The molecule has 0 amide bonds. The van der Waals surface area contributed by atoms with E-state index in [2.05, 4.69) is 10.1 Å². The van der Waals surface area contributed by atoms with Crippen LogP contribution in [0.2, 0.25) is 0 Å². The molecule has 17 heavy (non-hydrogen) atoms. The largest absolute Gasteiger partial charge is 0.370 e. The molecule has 0 aromatic carbocycles. The molecule has 0 aliphatic heterocycles. The number of carbonyl (C=O) groups is 1. The van der Waals surface area contributed by atoms with Crippen molar-refractivity contribution in [1.29, 1.82) is 0 Å². The molecule has 94 valence electrons. The van der Waals surface area contributed by atoms with Gasteiger partial charge in [0.25, 0.3) is 6.43 Å². The lowest BCUT2D eigenvalue weighted by molar-refractivity contribution is -0.129. The Labute approximate surface area is 96.1 Å². The van der Waals surface area contributed by atoms with Crippen LogP contribution in [0.15, 0.2) is 4.52 Å². The van der Waals surface area contributed by atoms with E-state index in [9.17, 15) is 13.6 Å². The second-order valence-corrected chi connectivity index (χ2v) is 4.01. The maximum atomic E-state index is 12.0. The number of alkyl halides is 2. The van der Waals surface area contributed by atoms with Crippen LogP contribution in [0.4, 0.5) is 8.78 Å². The van der Waals surface area contributed by atoms with E-state index in [0.29, 0.717) is 5.82 Å². The molecule has 0 unspecified atom stereocenters. The molecule has 5 nitrogen and oxygen atoms in total. The molecule has 1 heterocycles. The lowest BCUT2D eigenvalue weighted by Crippen LogP contribution is -2.37. The molecule has 1 fully saturated rings. The van der Waals surface area contributed by atoms with Gasteiger partial charge in [-0.15, -0.1) is 0 Å². The Morgan fingerprint density at radius 3 is 2.76 bits per heavy atom. The SMILES string of the molecule is COC1(c2noc(CC(=O)C(F)F)n2)CCC1. The van der Waals surface area contributed by atoms with Gasteiger partial charge >= 0.3 is 0 Å². The van der Waals surface area contributed by atoms with E-state index < -0.39 is 24.2 Å². The van der Waals surface area contributed by atoms with Crippen LogP contribution in [0.3, 0.4) is 0 Å². The summed E-state index contributed by atoms with van der Waals surface area (Å²) in [6, 6.07) is 0. The second-order valence-electron chi connectivity index (χ2n) is 4.01. The van der Waals surface area contributed by atoms with Crippen LogP contribution in [0.1, 0.15) is 31.0 Å². The first-order valence-electron chi connectivity index (χ1n) is 5.26. The van der Waals surface area contributed by atoms with Crippen molar-refractivity contribution in [2.75, 3.05) is 7.11 Å². The average Bonchev–Trinajstić information content (AvgIpc) is 2.66. The van der Waals surface area contributed by atoms with Gasteiger partial charge in [-0.2, -0.15) is 4.98 Å². The minimum absolute atomic E-state index is 0.0892. The zero-order chi connectivity index (χ0) is 12.5. The molecule has 0 N–H and O–H groups in total. The molecule has 2 rings (SSSR count). The topological polar surface area (TPSA) is 65.2 Å². The maximum absolute atomic E-state index is 12.0. The first-order valence-corrected chi connectivity index (χ1v) is 5.26. The number of aromatic nitrogens is 2. The molecule has 1 aromatic heterocycles. The first kappa shape index (κ1) is 12.1. The summed E-state index contributed by atoms with van der Waals surface area (Å²) in [4.78, 5) is 14.8. The third-order valence-corrected chi connectivity index (χ3v) is 3.00. The van der Waals surface area contributed by atoms with Crippen molar-refractivity contribution in [3.8, 4) is 0 Å². The number of carbonyl (C=O) groups excluding carboxylic acids is 1. The van der Waals surface area contributed by atoms with E-state index in [1.165, 1.54) is 0 Å². The third kappa shape index (κ3) is 2.19. The van der Waals surface area contributed by atoms with Gasteiger partial charge in [0.1, 0.15) is 5.60 Å². The zero-order valence-electron chi connectivity index (χ0n) is 9.28. The summed E-state index contributed by atoms with van der Waals surface area (Å²) in [7, 11) is 1.54. The Morgan fingerprint density at radius 1 is 1.59 bits per heavy atom. The van der Waals surface area contributed by atoms with E-state index in [1.807, 2.05) is 0 Å². The van der Waals surface area contributed by atoms with Crippen LogP contribution in [-0.2, 0) is 21.6 Å². The summed E-state index contributed by atoms with van der Waals surface area (Å²) in [5.74, 6) is -0.975. The number of hydrogen-bond acceptors (Lipinski definition) is 5. The molecule has 1 aliphatic rings. The third-order valence-electron chi connectivity index (χ3n) is 3.00. The van der Waals surface area contributed by atoms with E-state index in [0.717, 1.165) is 19.3 Å². The van der Waals surface area contributed by atoms with Gasteiger partial charge in [0.15, 0.2) is 0 Å². The average molecular weight is 246 g/mol. The number of hydrogen-bond donors (Lipinski definition) is 0. The van der Waals surface area contributed by atoms with Crippen molar-refractivity contribution in [3.05, 3.63) is 11.7 Å². The summed E-state index contributed by atoms with van der Waals surface area (Å²) in [6.07, 6.45) is -1.01. The minimum Gasteiger partial charge on any atom is -0.370 e. The van der Waals surface area contributed by atoms with Crippen LogP contribution in [0, 0.1) is 0 Å². The molecule has 0 saturated heterocycles. The number of Topliss-reactive ketones (excluding diaryl/α,β-unsaturated/α-hetero) is 1.